The highest BCUT2D eigenvalue weighted by Gasteiger charge is 2.20. The molecule has 0 aromatic heterocycles. The third-order valence-electron chi connectivity index (χ3n) is 4.35. The standard InChI is InChI=1S/C21H26ClNO4/c1-12-9-17(10-13(2)20(12)22)27-15(4)21(24)23-14(3)18-11-16(25-5)7-8-19(18)26-6/h7-11,14-15H,1-6H3,(H,23,24)/t14-,15+/m0/s1. The summed E-state index contributed by atoms with van der Waals surface area (Å²) in [5.41, 5.74) is 2.65. The van der Waals surface area contributed by atoms with E-state index in [1.807, 2.05) is 51.1 Å². The molecule has 6 heteroatoms. The largest absolute Gasteiger partial charge is 0.497 e. The van der Waals surface area contributed by atoms with Crippen molar-refractivity contribution in [3.05, 3.63) is 52.0 Å². The number of benzene rings is 2. The minimum Gasteiger partial charge on any atom is -0.497 e. The average Bonchev–Trinajstić information content (AvgIpc) is 2.65. The normalized spacial score (nSPS) is 12.9. The van der Waals surface area contributed by atoms with Gasteiger partial charge in [-0.1, -0.05) is 11.6 Å². The summed E-state index contributed by atoms with van der Waals surface area (Å²) in [6.07, 6.45) is -0.663. The Labute approximate surface area is 165 Å². The molecule has 0 aliphatic carbocycles. The Morgan fingerprint density at radius 2 is 1.63 bits per heavy atom. The Balaban J connectivity index is 2.10. The molecule has 2 aromatic carbocycles. The van der Waals surface area contributed by atoms with E-state index < -0.39 is 6.10 Å². The lowest BCUT2D eigenvalue weighted by Gasteiger charge is -2.21. The zero-order chi connectivity index (χ0) is 20.1. The van der Waals surface area contributed by atoms with Crippen LogP contribution in [0.5, 0.6) is 17.2 Å². The van der Waals surface area contributed by atoms with Gasteiger partial charge in [-0.05, 0) is 69.2 Å². The minimum atomic E-state index is -0.663. The molecule has 2 rings (SSSR count). The average molecular weight is 392 g/mol. The number of nitrogens with one attached hydrogen (secondary N) is 1. The van der Waals surface area contributed by atoms with Gasteiger partial charge in [0.05, 0.1) is 20.3 Å². The fourth-order valence-corrected chi connectivity index (χ4v) is 2.93. The lowest BCUT2D eigenvalue weighted by Crippen LogP contribution is -2.37. The van der Waals surface area contributed by atoms with Gasteiger partial charge in [0.1, 0.15) is 17.2 Å². The highest BCUT2D eigenvalue weighted by atomic mass is 35.5. The molecular formula is C21H26ClNO4. The molecule has 0 aliphatic heterocycles. The van der Waals surface area contributed by atoms with E-state index in [0.717, 1.165) is 16.7 Å². The Morgan fingerprint density at radius 3 is 2.19 bits per heavy atom. The first-order valence-corrected chi connectivity index (χ1v) is 9.10. The van der Waals surface area contributed by atoms with Gasteiger partial charge in [-0.25, -0.2) is 0 Å². The minimum absolute atomic E-state index is 0.224. The maximum atomic E-state index is 12.6. The molecule has 0 saturated carbocycles. The molecule has 0 saturated heterocycles. The number of ether oxygens (including phenoxy) is 3. The number of halogens is 1. The maximum Gasteiger partial charge on any atom is 0.261 e. The molecule has 2 aromatic rings. The van der Waals surface area contributed by atoms with Crippen LogP contribution in [0.15, 0.2) is 30.3 Å². The fraction of sp³-hybridized carbons (Fsp3) is 0.381. The van der Waals surface area contributed by atoms with E-state index in [1.165, 1.54) is 0 Å². The Morgan fingerprint density at radius 1 is 1.00 bits per heavy atom. The molecule has 1 N–H and O–H groups in total. The van der Waals surface area contributed by atoms with Crippen molar-refractivity contribution in [2.45, 2.75) is 39.8 Å². The van der Waals surface area contributed by atoms with Crippen molar-refractivity contribution in [2.75, 3.05) is 14.2 Å². The monoisotopic (exact) mass is 391 g/mol. The van der Waals surface area contributed by atoms with Gasteiger partial charge in [-0.2, -0.15) is 0 Å². The number of hydrogen-bond acceptors (Lipinski definition) is 4. The molecule has 0 heterocycles. The van der Waals surface area contributed by atoms with Crippen LogP contribution in [0.1, 0.15) is 36.6 Å². The van der Waals surface area contributed by atoms with Crippen LogP contribution in [0.25, 0.3) is 0 Å². The van der Waals surface area contributed by atoms with Gasteiger partial charge in [0.15, 0.2) is 6.10 Å². The summed E-state index contributed by atoms with van der Waals surface area (Å²) in [4.78, 5) is 12.6. The highest BCUT2D eigenvalue weighted by Crippen LogP contribution is 2.30. The van der Waals surface area contributed by atoms with E-state index in [2.05, 4.69) is 5.32 Å². The molecule has 0 bridgehead atoms. The topological polar surface area (TPSA) is 56.8 Å². The third-order valence-corrected chi connectivity index (χ3v) is 4.95. The SMILES string of the molecule is COc1ccc(OC)c([C@H](C)NC(=O)[C@@H](C)Oc2cc(C)c(Cl)c(C)c2)c1. The highest BCUT2D eigenvalue weighted by molar-refractivity contribution is 6.32. The van der Waals surface area contributed by atoms with Crippen molar-refractivity contribution < 1.29 is 19.0 Å². The van der Waals surface area contributed by atoms with Gasteiger partial charge in [0.25, 0.3) is 5.91 Å². The molecule has 1 amide bonds. The lowest BCUT2D eigenvalue weighted by atomic mass is 10.1. The van der Waals surface area contributed by atoms with Crippen molar-refractivity contribution in [3.63, 3.8) is 0 Å². The van der Waals surface area contributed by atoms with Crippen molar-refractivity contribution >= 4 is 17.5 Å². The van der Waals surface area contributed by atoms with Gasteiger partial charge in [-0.3, -0.25) is 4.79 Å². The number of rotatable bonds is 7. The Hall–Kier alpha value is -2.40. The molecule has 27 heavy (non-hydrogen) atoms. The van der Waals surface area contributed by atoms with Gasteiger partial charge >= 0.3 is 0 Å². The molecule has 0 spiro atoms. The lowest BCUT2D eigenvalue weighted by molar-refractivity contribution is -0.127. The van der Waals surface area contributed by atoms with E-state index in [4.69, 9.17) is 25.8 Å². The molecule has 5 nitrogen and oxygen atoms in total. The van der Waals surface area contributed by atoms with Crippen molar-refractivity contribution in [3.8, 4) is 17.2 Å². The van der Waals surface area contributed by atoms with E-state index in [9.17, 15) is 4.79 Å². The first kappa shape index (κ1) is 20.9. The number of carbonyl (C=O) groups is 1. The van der Waals surface area contributed by atoms with Gasteiger partial charge in [0.2, 0.25) is 0 Å². The van der Waals surface area contributed by atoms with Crippen LogP contribution < -0.4 is 19.5 Å². The molecule has 0 radical (unpaired) electrons. The van der Waals surface area contributed by atoms with Crippen LogP contribution in [0.3, 0.4) is 0 Å². The predicted octanol–water partition coefficient (Wildman–Crippen LogP) is 4.62. The summed E-state index contributed by atoms with van der Waals surface area (Å²) in [5, 5.41) is 3.66. The molecule has 0 unspecified atom stereocenters. The second-order valence-electron chi connectivity index (χ2n) is 6.47. The van der Waals surface area contributed by atoms with Crippen LogP contribution in [-0.4, -0.2) is 26.2 Å². The summed E-state index contributed by atoms with van der Waals surface area (Å²) in [7, 11) is 3.19. The zero-order valence-electron chi connectivity index (χ0n) is 16.6. The molecule has 2 atom stereocenters. The van der Waals surface area contributed by atoms with Crippen LogP contribution in [0.2, 0.25) is 5.02 Å². The van der Waals surface area contributed by atoms with Gasteiger partial charge < -0.3 is 19.5 Å². The van der Waals surface area contributed by atoms with Crippen LogP contribution in [0, 0.1) is 13.8 Å². The van der Waals surface area contributed by atoms with Gasteiger partial charge in [0, 0.05) is 10.6 Å². The maximum absolute atomic E-state index is 12.6. The van der Waals surface area contributed by atoms with Gasteiger partial charge in [-0.15, -0.1) is 0 Å². The first-order valence-electron chi connectivity index (χ1n) is 8.72. The van der Waals surface area contributed by atoms with E-state index in [1.54, 1.807) is 21.1 Å². The third kappa shape index (κ3) is 5.07. The molecule has 0 aliphatic rings. The van der Waals surface area contributed by atoms with Crippen LogP contribution in [-0.2, 0) is 4.79 Å². The summed E-state index contributed by atoms with van der Waals surface area (Å²) < 4.78 is 16.5. The first-order chi connectivity index (χ1) is 12.8. The second kappa shape index (κ2) is 9.00. The smallest absolute Gasteiger partial charge is 0.261 e. The summed E-state index contributed by atoms with van der Waals surface area (Å²) in [6, 6.07) is 8.86. The summed E-state index contributed by atoms with van der Waals surface area (Å²) in [6.45, 7) is 7.41. The van der Waals surface area contributed by atoms with Crippen LogP contribution >= 0.6 is 11.6 Å². The van der Waals surface area contributed by atoms with Crippen molar-refractivity contribution in [1.29, 1.82) is 0 Å². The molecular weight excluding hydrogens is 366 g/mol. The van der Waals surface area contributed by atoms with E-state index >= 15 is 0 Å². The van der Waals surface area contributed by atoms with E-state index in [0.29, 0.717) is 22.3 Å². The molecule has 0 fully saturated rings. The number of hydrogen-bond donors (Lipinski definition) is 1. The zero-order valence-corrected chi connectivity index (χ0v) is 17.3. The molecule has 146 valence electrons. The van der Waals surface area contributed by atoms with Crippen LogP contribution in [0.4, 0.5) is 0 Å². The summed E-state index contributed by atoms with van der Waals surface area (Å²) >= 11 is 6.18. The van der Waals surface area contributed by atoms with E-state index in [-0.39, 0.29) is 11.9 Å². The second-order valence-corrected chi connectivity index (χ2v) is 6.85. The number of methoxy groups -OCH3 is 2. The summed E-state index contributed by atoms with van der Waals surface area (Å²) in [5.74, 6) is 1.77. The Kier molecular flexibility index (Phi) is 6.97. The number of carbonyl (C=O) groups excluding carboxylic acids is 1. The number of amides is 1. The Bertz CT molecular complexity index is 799. The quantitative estimate of drug-likeness (QED) is 0.748. The fourth-order valence-electron chi connectivity index (χ4n) is 2.82. The van der Waals surface area contributed by atoms with Crippen molar-refractivity contribution in [2.24, 2.45) is 0 Å². The number of aryl methyl sites for hydroxylation is 2. The van der Waals surface area contributed by atoms with Crippen molar-refractivity contribution in [1.82, 2.24) is 5.32 Å². The predicted molar refractivity (Wildman–Crippen MR) is 107 cm³/mol.